The van der Waals surface area contributed by atoms with Crippen LogP contribution in [0.25, 0.3) is 0 Å². The number of alkyl halides is 1. The second-order valence-corrected chi connectivity index (χ2v) is 2.56. The molecule has 0 fully saturated rings. The van der Waals surface area contributed by atoms with Gasteiger partial charge in [-0.25, -0.2) is 0 Å². The van der Waals surface area contributed by atoms with Gasteiger partial charge < -0.3 is 5.11 Å². The van der Waals surface area contributed by atoms with Crippen LogP contribution in [0.2, 0.25) is 0 Å². The predicted molar refractivity (Wildman–Crippen MR) is 50.0 cm³/mol. The molecule has 0 saturated carbocycles. The quantitative estimate of drug-likeness (QED) is 0.516. The molecule has 0 aliphatic heterocycles. The van der Waals surface area contributed by atoms with Crippen molar-refractivity contribution in [2.75, 3.05) is 6.61 Å². The van der Waals surface area contributed by atoms with Gasteiger partial charge in [0.05, 0.1) is 0 Å². The average Bonchev–Trinajstić information content (AvgIpc) is 2.15. The van der Waals surface area contributed by atoms with E-state index >= 15 is 0 Å². The summed E-state index contributed by atoms with van der Waals surface area (Å²) in [5.41, 5.74) is 1.98. The molecule has 0 atom stereocenters. The van der Waals surface area contributed by atoms with Crippen LogP contribution in [0.4, 0.5) is 0 Å². The van der Waals surface area contributed by atoms with Crippen molar-refractivity contribution in [3.8, 4) is 11.8 Å². The van der Waals surface area contributed by atoms with Gasteiger partial charge in [0.25, 0.3) is 0 Å². The Balaban J connectivity index is 2.78. The number of rotatable bonds is 1. The van der Waals surface area contributed by atoms with E-state index in [1.165, 1.54) is 0 Å². The summed E-state index contributed by atoms with van der Waals surface area (Å²) in [5.74, 6) is 5.90. The fraction of sp³-hybridized carbons (Fsp3) is 0.200. The molecule has 0 spiro atoms. The summed E-state index contributed by atoms with van der Waals surface area (Å²) in [6.07, 6.45) is 0. The highest BCUT2D eigenvalue weighted by Gasteiger charge is 1.88. The summed E-state index contributed by atoms with van der Waals surface area (Å²) in [4.78, 5) is 0. The van der Waals surface area contributed by atoms with Crippen LogP contribution in [0.1, 0.15) is 11.1 Å². The Labute approximate surface area is 77.0 Å². The third-order valence-corrected chi connectivity index (χ3v) is 1.73. The Morgan fingerprint density at radius 1 is 1.25 bits per heavy atom. The van der Waals surface area contributed by atoms with Crippen molar-refractivity contribution in [3.63, 3.8) is 0 Å². The van der Waals surface area contributed by atoms with E-state index in [-0.39, 0.29) is 6.61 Å². The highest BCUT2D eigenvalue weighted by molar-refractivity contribution is 6.17. The third-order valence-electron chi connectivity index (χ3n) is 1.42. The van der Waals surface area contributed by atoms with Gasteiger partial charge in [0.1, 0.15) is 6.61 Å². The predicted octanol–water partition coefficient (Wildman–Crippen LogP) is 1.77. The van der Waals surface area contributed by atoms with Crippen LogP contribution in [0.5, 0.6) is 0 Å². The van der Waals surface area contributed by atoms with E-state index in [1.54, 1.807) is 0 Å². The highest BCUT2D eigenvalue weighted by Crippen LogP contribution is 2.05. The first-order valence-electron chi connectivity index (χ1n) is 3.61. The second-order valence-electron chi connectivity index (χ2n) is 2.29. The third kappa shape index (κ3) is 2.58. The molecular weight excluding hydrogens is 172 g/mol. The summed E-state index contributed by atoms with van der Waals surface area (Å²) in [7, 11) is 0. The number of hydrogen-bond donors (Lipinski definition) is 1. The molecule has 12 heavy (non-hydrogen) atoms. The number of hydrogen-bond acceptors (Lipinski definition) is 1. The van der Waals surface area contributed by atoms with Crippen molar-refractivity contribution in [2.45, 2.75) is 5.88 Å². The van der Waals surface area contributed by atoms with E-state index in [0.717, 1.165) is 11.1 Å². The molecule has 62 valence electrons. The summed E-state index contributed by atoms with van der Waals surface area (Å²) in [6, 6.07) is 7.63. The van der Waals surface area contributed by atoms with Crippen LogP contribution < -0.4 is 0 Å². The number of halogens is 1. The monoisotopic (exact) mass is 180 g/mol. The molecule has 0 saturated heterocycles. The maximum Gasteiger partial charge on any atom is 0.104 e. The Morgan fingerprint density at radius 2 is 1.92 bits per heavy atom. The number of benzene rings is 1. The van der Waals surface area contributed by atoms with Gasteiger partial charge in [0.2, 0.25) is 0 Å². The Bertz CT molecular complexity index is 292. The maximum atomic E-state index is 8.43. The lowest BCUT2D eigenvalue weighted by molar-refractivity contribution is 0.350. The van der Waals surface area contributed by atoms with Gasteiger partial charge in [-0.3, -0.25) is 0 Å². The van der Waals surface area contributed by atoms with Crippen molar-refractivity contribution >= 4 is 11.6 Å². The van der Waals surface area contributed by atoms with E-state index in [1.807, 2.05) is 24.3 Å². The first-order valence-corrected chi connectivity index (χ1v) is 4.15. The van der Waals surface area contributed by atoms with Crippen LogP contribution in [0.3, 0.4) is 0 Å². The lowest BCUT2D eigenvalue weighted by atomic mass is 10.1. The average molecular weight is 181 g/mol. The zero-order chi connectivity index (χ0) is 8.81. The summed E-state index contributed by atoms with van der Waals surface area (Å²) in [6.45, 7) is -0.0999. The zero-order valence-electron chi connectivity index (χ0n) is 6.55. The number of aliphatic hydroxyl groups excluding tert-OH is 1. The molecule has 0 aliphatic rings. The molecular formula is C10H9ClO. The van der Waals surface area contributed by atoms with Gasteiger partial charge in [-0.1, -0.05) is 24.0 Å². The van der Waals surface area contributed by atoms with Gasteiger partial charge in [-0.2, -0.15) is 0 Å². The Morgan fingerprint density at radius 3 is 2.42 bits per heavy atom. The number of aliphatic hydroxyl groups is 1. The first kappa shape index (κ1) is 9.12. The van der Waals surface area contributed by atoms with Gasteiger partial charge in [-0.15, -0.1) is 11.6 Å². The molecule has 0 aliphatic carbocycles. The lowest BCUT2D eigenvalue weighted by Crippen LogP contribution is -1.79. The fourth-order valence-corrected chi connectivity index (χ4v) is 0.997. The standard InChI is InChI=1S/C10H9ClO/c11-8-10-5-3-9(4-6-10)2-1-7-12/h3-6,12H,7-8H2. The molecule has 0 bridgehead atoms. The highest BCUT2D eigenvalue weighted by atomic mass is 35.5. The van der Waals surface area contributed by atoms with Crippen molar-refractivity contribution < 1.29 is 5.11 Å². The van der Waals surface area contributed by atoms with Crippen LogP contribution in [-0.4, -0.2) is 11.7 Å². The second kappa shape index (κ2) is 4.82. The Hall–Kier alpha value is -0.970. The molecule has 1 rings (SSSR count). The molecule has 1 aromatic carbocycles. The maximum absolute atomic E-state index is 8.43. The molecule has 0 amide bonds. The van der Waals surface area contributed by atoms with E-state index in [2.05, 4.69) is 11.8 Å². The smallest absolute Gasteiger partial charge is 0.104 e. The molecule has 0 unspecified atom stereocenters. The fourth-order valence-electron chi connectivity index (χ4n) is 0.819. The van der Waals surface area contributed by atoms with Crippen molar-refractivity contribution in [2.24, 2.45) is 0 Å². The summed E-state index contributed by atoms with van der Waals surface area (Å²) >= 11 is 5.61. The lowest BCUT2D eigenvalue weighted by Gasteiger charge is -1.93. The van der Waals surface area contributed by atoms with Gasteiger partial charge in [0, 0.05) is 11.4 Å². The topological polar surface area (TPSA) is 20.2 Å². The van der Waals surface area contributed by atoms with E-state index in [0.29, 0.717) is 5.88 Å². The normalized spacial score (nSPS) is 8.83. The zero-order valence-corrected chi connectivity index (χ0v) is 7.30. The molecule has 0 heterocycles. The van der Waals surface area contributed by atoms with E-state index in [9.17, 15) is 0 Å². The van der Waals surface area contributed by atoms with Crippen molar-refractivity contribution in [1.82, 2.24) is 0 Å². The first-order chi connectivity index (χ1) is 5.86. The van der Waals surface area contributed by atoms with E-state index in [4.69, 9.17) is 16.7 Å². The minimum Gasteiger partial charge on any atom is -0.384 e. The van der Waals surface area contributed by atoms with Crippen LogP contribution in [0.15, 0.2) is 24.3 Å². The molecule has 2 heteroatoms. The molecule has 0 radical (unpaired) electrons. The molecule has 1 aromatic rings. The van der Waals surface area contributed by atoms with Crippen LogP contribution in [-0.2, 0) is 5.88 Å². The van der Waals surface area contributed by atoms with Crippen LogP contribution >= 0.6 is 11.6 Å². The largest absolute Gasteiger partial charge is 0.384 e. The summed E-state index contributed by atoms with van der Waals surface area (Å²) in [5, 5.41) is 8.43. The molecule has 0 aromatic heterocycles. The van der Waals surface area contributed by atoms with Crippen molar-refractivity contribution in [1.29, 1.82) is 0 Å². The molecule has 1 nitrogen and oxygen atoms in total. The van der Waals surface area contributed by atoms with Crippen LogP contribution in [0, 0.1) is 11.8 Å². The van der Waals surface area contributed by atoms with E-state index < -0.39 is 0 Å². The minimum atomic E-state index is -0.0999. The summed E-state index contributed by atoms with van der Waals surface area (Å²) < 4.78 is 0. The Kier molecular flexibility index (Phi) is 3.66. The van der Waals surface area contributed by atoms with Gasteiger partial charge in [-0.05, 0) is 17.7 Å². The van der Waals surface area contributed by atoms with Gasteiger partial charge in [0.15, 0.2) is 0 Å². The SMILES string of the molecule is OCC#Cc1ccc(CCl)cc1. The minimum absolute atomic E-state index is 0.0999. The van der Waals surface area contributed by atoms with Gasteiger partial charge >= 0.3 is 0 Å². The molecule has 1 N–H and O–H groups in total. The van der Waals surface area contributed by atoms with Crippen molar-refractivity contribution in [3.05, 3.63) is 35.4 Å².